The van der Waals surface area contributed by atoms with Crippen LogP contribution in [0, 0.1) is 0 Å². The third kappa shape index (κ3) is 6.40. The van der Waals surface area contributed by atoms with E-state index < -0.39 is 30.2 Å². The van der Waals surface area contributed by atoms with Gasteiger partial charge in [-0.15, -0.1) is 0 Å². The molecule has 0 aliphatic rings. The SMILES string of the molecule is C[C@@H](COC(=O)Nc1ccc(Br)cc1Cl)NC(=O)c1cn(-c2ncccc2Cl)nc1C(F)F. The van der Waals surface area contributed by atoms with Crippen LogP contribution in [0.2, 0.25) is 10.0 Å². The van der Waals surface area contributed by atoms with E-state index in [1.807, 2.05) is 0 Å². The van der Waals surface area contributed by atoms with E-state index in [1.165, 1.54) is 12.3 Å². The number of ether oxygens (including phenoxy) is 1. The number of halogens is 5. The van der Waals surface area contributed by atoms with E-state index in [0.29, 0.717) is 10.7 Å². The molecule has 0 aliphatic carbocycles. The third-order valence-electron chi connectivity index (χ3n) is 4.16. The van der Waals surface area contributed by atoms with Crippen LogP contribution in [0.3, 0.4) is 0 Å². The molecule has 174 valence electrons. The number of aromatic nitrogens is 3. The summed E-state index contributed by atoms with van der Waals surface area (Å²) in [7, 11) is 0. The highest BCUT2D eigenvalue weighted by Crippen LogP contribution is 2.26. The van der Waals surface area contributed by atoms with E-state index in [1.54, 1.807) is 31.2 Å². The average molecular weight is 563 g/mol. The predicted molar refractivity (Wildman–Crippen MR) is 122 cm³/mol. The Morgan fingerprint density at radius 3 is 2.67 bits per heavy atom. The van der Waals surface area contributed by atoms with Crippen molar-refractivity contribution in [3.8, 4) is 5.82 Å². The van der Waals surface area contributed by atoms with Gasteiger partial charge in [0, 0.05) is 16.9 Å². The van der Waals surface area contributed by atoms with E-state index in [-0.39, 0.29) is 23.0 Å². The molecule has 2 amide bonds. The first-order valence-corrected chi connectivity index (χ1v) is 10.9. The van der Waals surface area contributed by atoms with Crippen molar-refractivity contribution in [2.75, 3.05) is 11.9 Å². The Labute approximate surface area is 205 Å². The molecule has 0 saturated heterocycles. The van der Waals surface area contributed by atoms with Crippen molar-refractivity contribution in [2.24, 2.45) is 0 Å². The van der Waals surface area contributed by atoms with Crippen LogP contribution in [0.1, 0.15) is 29.4 Å². The number of nitrogens with zero attached hydrogens (tertiary/aromatic N) is 3. The summed E-state index contributed by atoms with van der Waals surface area (Å²) in [5.74, 6) is -0.726. The van der Waals surface area contributed by atoms with Gasteiger partial charge in [0.1, 0.15) is 12.3 Å². The molecule has 33 heavy (non-hydrogen) atoms. The molecule has 13 heteroatoms. The Morgan fingerprint density at radius 2 is 2.00 bits per heavy atom. The van der Waals surface area contributed by atoms with Gasteiger partial charge >= 0.3 is 6.09 Å². The monoisotopic (exact) mass is 561 g/mol. The molecule has 0 aliphatic heterocycles. The predicted octanol–water partition coefficient (Wildman–Crippen LogP) is 5.64. The van der Waals surface area contributed by atoms with Crippen molar-refractivity contribution in [2.45, 2.75) is 19.4 Å². The van der Waals surface area contributed by atoms with E-state index in [9.17, 15) is 18.4 Å². The fourth-order valence-electron chi connectivity index (χ4n) is 2.66. The lowest BCUT2D eigenvalue weighted by Crippen LogP contribution is -2.37. The summed E-state index contributed by atoms with van der Waals surface area (Å²) in [5, 5.41) is 9.19. The quantitative estimate of drug-likeness (QED) is 0.388. The first kappa shape index (κ1) is 24.9. The fourth-order valence-corrected chi connectivity index (χ4v) is 3.59. The highest BCUT2D eigenvalue weighted by molar-refractivity contribution is 9.10. The molecule has 1 aromatic carbocycles. The van der Waals surface area contributed by atoms with Crippen LogP contribution in [0.25, 0.3) is 5.82 Å². The number of rotatable bonds is 7. The maximum absolute atomic E-state index is 13.5. The minimum absolute atomic E-state index is 0.0970. The van der Waals surface area contributed by atoms with Crippen LogP contribution in [-0.4, -0.2) is 39.4 Å². The summed E-state index contributed by atoms with van der Waals surface area (Å²) in [6.45, 7) is 1.32. The standard InChI is InChI=1S/C20H16BrCl2F2N5O3/c1-10(9-33-20(32)28-15-5-4-11(21)7-14(15)23)27-19(31)12-8-30(29-16(12)17(24)25)18-13(22)3-2-6-26-18/h2-8,10,17H,9H2,1H3,(H,27,31)(H,28,32)/t10-/m0/s1. The van der Waals surface area contributed by atoms with Gasteiger partial charge in [-0.05, 0) is 37.3 Å². The molecule has 8 nitrogen and oxygen atoms in total. The molecule has 0 bridgehead atoms. The molecular weight excluding hydrogens is 547 g/mol. The van der Waals surface area contributed by atoms with Gasteiger partial charge in [-0.2, -0.15) is 5.10 Å². The molecule has 3 rings (SSSR count). The molecule has 2 N–H and O–H groups in total. The van der Waals surface area contributed by atoms with Crippen LogP contribution in [-0.2, 0) is 4.74 Å². The Morgan fingerprint density at radius 1 is 1.24 bits per heavy atom. The number of pyridine rings is 1. The van der Waals surface area contributed by atoms with Crippen LogP contribution in [0.4, 0.5) is 19.3 Å². The van der Waals surface area contributed by atoms with Crippen LogP contribution < -0.4 is 10.6 Å². The van der Waals surface area contributed by atoms with Gasteiger partial charge in [0.15, 0.2) is 5.82 Å². The smallest absolute Gasteiger partial charge is 0.411 e. The molecule has 0 radical (unpaired) electrons. The normalized spacial score (nSPS) is 11.8. The van der Waals surface area contributed by atoms with E-state index in [4.69, 9.17) is 27.9 Å². The topological polar surface area (TPSA) is 98.1 Å². The second kappa shape index (κ2) is 10.9. The molecule has 0 spiro atoms. The maximum atomic E-state index is 13.5. The summed E-state index contributed by atoms with van der Waals surface area (Å²) in [6.07, 6.45) is -1.29. The fraction of sp³-hybridized carbons (Fsp3) is 0.200. The maximum Gasteiger partial charge on any atom is 0.411 e. The Hall–Kier alpha value is -2.76. The number of amides is 2. The van der Waals surface area contributed by atoms with Crippen molar-refractivity contribution >= 4 is 56.8 Å². The second-order valence-corrected chi connectivity index (χ2v) is 8.43. The second-order valence-electron chi connectivity index (χ2n) is 6.70. The van der Waals surface area contributed by atoms with Gasteiger partial charge in [-0.1, -0.05) is 39.1 Å². The van der Waals surface area contributed by atoms with Gasteiger partial charge < -0.3 is 10.1 Å². The molecule has 1 atom stereocenters. The number of anilines is 1. The molecule has 0 fully saturated rings. The van der Waals surface area contributed by atoms with E-state index >= 15 is 0 Å². The van der Waals surface area contributed by atoms with Crippen LogP contribution >= 0.6 is 39.1 Å². The Bertz CT molecular complexity index is 1180. The summed E-state index contributed by atoms with van der Waals surface area (Å²) in [5.41, 5.74) is -0.752. The molecular formula is C20H16BrCl2F2N5O3. The van der Waals surface area contributed by atoms with Gasteiger partial charge in [0.05, 0.1) is 27.3 Å². The first-order chi connectivity index (χ1) is 15.7. The lowest BCUT2D eigenvalue weighted by Gasteiger charge is -2.15. The number of benzene rings is 1. The summed E-state index contributed by atoms with van der Waals surface area (Å²) < 4.78 is 33.8. The van der Waals surface area contributed by atoms with E-state index in [2.05, 4.69) is 36.6 Å². The van der Waals surface area contributed by atoms with Crippen molar-refractivity contribution in [3.63, 3.8) is 0 Å². The van der Waals surface area contributed by atoms with Crippen molar-refractivity contribution < 1.29 is 23.1 Å². The first-order valence-electron chi connectivity index (χ1n) is 9.34. The van der Waals surface area contributed by atoms with E-state index in [0.717, 1.165) is 15.4 Å². The lowest BCUT2D eigenvalue weighted by atomic mass is 10.2. The number of carbonyl (C=O) groups excluding carboxylic acids is 2. The zero-order valence-electron chi connectivity index (χ0n) is 16.9. The minimum Gasteiger partial charge on any atom is -0.447 e. The zero-order chi connectivity index (χ0) is 24.1. The van der Waals surface area contributed by atoms with Gasteiger partial charge in [0.25, 0.3) is 12.3 Å². The minimum atomic E-state index is -3.01. The zero-order valence-corrected chi connectivity index (χ0v) is 20.0. The molecule has 3 aromatic rings. The average Bonchev–Trinajstić information content (AvgIpc) is 3.20. The molecule has 2 aromatic heterocycles. The number of nitrogens with one attached hydrogen (secondary N) is 2. The highest BCUT2D eigenvalue weighted by atomic mass is 79.9. The summed E-state index contributed by atoms with van der Waals surface area (Å²) >= 11 is 15.3. The highest BCUT2D eigenvalue weighted by Gasteiger charge is 2.25. The summed E-state index contributed by atoms with van der Waals surface area (Å²) in [6, 6.07) is 7.24. The summed E-state index contributed by atoms with van der Waals surface area (Å²) in [4.78, 5) is 28.6. The van der Waals surface area contributed by atoms with Crippen molar-refractivity contribution in [1.29, 1.82) is 0 Å². The van der Waals surface area contributed by atoms with Crippen molar-refractivity contribution in [1.82, 2.24) is 20.1 Å². The number of alkyl halides is 2. The Balaban J connectivity index is 1.63. The molecule has 2 heterocycles. The molecule has 0 saturated carbocycles. The van der Waals surface area contributed by atoms with Crippen LogP contribution in [0.15, 0.2) is 47.2 Å². The van der Waals surface area contributed by atoms with Gasteiger partial charge in [-0.25, -0.2) is 23.2 Å². The number of carbonyl (C=O) groups is 2. The molecule has 0 unspecified atom stereocenters. The van der Waals surface area contributed by atoms with Crippen LogP contribution in [0.5, 0.6) is 0 Å². The number of hydrogen-bond acceptors (Lipinski definition) is 5. The third-order valence-corrected chi connectivity index (χ3v) is 5.26. The van der Waals surface area contributed by atoms with Crippen molar-refractivity contribution in [3.05, 3.63) is 68.5 Å². The number of hydrogen-bond donors (Lipinski definition) is 2. The Kier molecular flexibility index (Phi) is 8.22. The lowest BCUT2D eigenvalue weighted by molar-refractivity contribution is 0.0896. The largest absolute Gasteiger partial charge is 0.447 e. The van der Waals surface area contributed by atoms with Gasteiger partial charge in [-0.3, -0.25) is 10.1 Å². The van der Waals surface area contributed by atoms with Gasteiger partial charge in [0.2, 0.25) is 0 Å².